The van der Waals surface area contributed by atoms with E-state index < -0.39 is 17.2 Å². The molecule has 3 aromatic carbocycles. The number of anilines is 1. The number of benzene rings is 3. The van der Waals surface area contributed by atoms with Gasteiger partial charge in [0, 0.05) is 31.0 Å². The molecule has 1 aliphatic rings. The normalized spacial score (nSPS) is 14.4. The van der Waals surface area contributed by atoms with Gasteiger partial charge in [0.15, 0.2) is 0 Å². The highest BCUT2D eigenvalue weighted by Gasteiger charge is 2.35. The van der Waals surface area contributed by atoms with E-state index in [1.165, 1.54) is 24.0 Å². The standard InChI is InChI=1S/C32H37NO4/c1-7-8-9-22-10-14-24(15-11-22)25-16-12-23(13-17-25)21-33(30(35)31(2,3)4)26-18-19-27-28(20-26)36-32(5,6)37-29(27)34/h10-20H,7-9,21H2,1-6H3. The lowest BCUT2D eigenvalue weighted by Gasteiger charge is -2.34. The number of hydrogen-bond donors (Lipinski definition) is 0. The van der Waals surface area contributed by atoms with Gasteiger partial charge in [0.1, 0.15) is 11.3 Å². The largest absolute Gasteiger partial charge is 0.452 e. The third-order valence-electron chi connectivity index (χ3n) is 6.48. The molecule has 0 unspecified atom stereocenters. The van der Waals surface area contributed by atoms with Crippen LogP contribution in [-0.4, -0.2) is 17.7 Å². The van der Waals surface area contributed by atoms with E-state index in [-0.39, 0.29) is 5.91 Å². The van der Waals surface area contributed by atoms with Crippen molar-refractivity contribution in [1.82, 2.24) is 0 Å². The number of nitrogens with zero attached hydrogens (tertiary/aromatic N) is 1. The summed E-state index contributed by atoms with van der Waals surface area (Å²) in [7, 11) is 0. The molecule has 0 bridgehead atoms. The van der Waals surface area contributed by atoms with Crippen molar-refractivity contribution in [3.05, 3.63) is 83.4 Å². The van der Waals surface area contributed by atoms with Crippen molar-refractivity contribution in [1.29, 1.82) is 0 Å². The van der Waals surface area contributed by atoms with Gasteiger partial charge in [-0.05, 0) is 47.2 Å². The molecule has 0 N–H and O–H groups in total. The molecule has 194 valence electrons. The third kappa shape index (κ3) is 6.22. The molecule has 0 saturated heterocycles. The summed E-state index contributed by atoms with van der Waals surface area (Å²) in [6.45, 7) is 11.7. The predicted octanol–water partition coefficient (Wildman–Crippen LogP) is 7.56. The highest BCUT2D eigenvalue weighted by Crippen LogP contribution is 2.36. The Morgan fingerprint density at radius 3 is 2.03 bits per heavy atom. The van der Waals surface area contributed by atoms with Gasteiger partial charge in [0.05, 0.1) is 6.54 Å². The first-order valence-corrected chi connectivity index (χ1v) is 13.0. The molecule has 0 aliphatic carbocycles. The maximum atomic E-state index is 13.5. The number of carbonyl (C=O) groups is 2. The second-order valence-corrected chi connectivity index (χ2v) is 11.2. The van der Waals surface area contributed by atoms with Gasteiger partial charge >= 0.3 is 5.97 Å². The molecular weight excluding hydrogens is 462 g/mol. The molecule has 0 saturated carbocycles. The van der Waals surface area contributed by atoms with Crippen LogP contribution in [0, 0.1) is 5.41 Å². The number of fused-ring (bicyclic) bond motifs is 1. The van der Waals surface area contributed by atoms with E-state index in [1.54, 1.807) is 36.9 Å². The molecule has 5 heteroatoms. The Labute approximate surface area is 220 Å². The van der Waals surface area contributed by atoms with E-state index in [1.807, 2.05) is 20.8 Å². The number of amides is 1. The Morgan fingerprint density at radius 1 is 0.865 bits per heavy atom. The Balaban J connectivity index is 1.59. The number of cyclic esters (lactones) is 1. The zero-order chi connectivity index (χ0) is 26.8. The molecule has 0 radical (unpaired) electrons. The van der Waals surface area contributed by atoms with Gasteiger partial charge < -0.3 is 14.4 Å². The van der Waals surface area contributed by atoms with Crippen molar-refractivity contribution in [3.8, 4) is 16.9 Å². The van der Waals surface area contributed by atoms with Crippen LogP contribution < -0.4 is 9.64 Å². The molecule has 1 heterocycles. The van der Waals surface area contributed by atoms with Gasteiger partial charge in [-0.25, -0.2) is 4.79 Å². The Bertz CT molecular complexity index is 1270. The number of unbranched alkanes of at least 4 members (excludes halogenated alkanes) is 1. The van der Waals surface area contributed by atoms with E-state index in [0.29, 0.717) is 23.5 Å². The SMILES string of the molecule is CCCCc1ccc(-c2ccc(CN(C(=O)C(C)(C)C)c3ccc4c(c3)OC(C)(C)OC4=O)cc2)cc1. The van der Waals surface area contributed by atoms with Gasteiger partial charge in [-0.2, -0.15) is 0 Å². The second kappa shape index (κ2) is 10.4. The molecule has 4 rings (SSSR count). The average molecular weight is 500 g/mol. The molecule has 0 fully saturated rings. The highest BCUT2D eigenvalue weighted by molar-refractivity contribution is 5.99. The van der Waals surface area contributed by atoms with Gasteiger partial charge in [-0.1, -0.05) is 82.6 Å². The quantitative estimate of drug-likeness (QED) is 0.315. The maximum absolute atomic E-state index is 13.5. The first-order valence-electron chi connectivity index (χ1n) is 13.0. The van der Waals surface area contributed by atoms with E-state index in [9.17, 15) is 9.59 Å². The van der Waals surface area contributed by atoms with Crippen LogP contribution in [0.5, 0.6) is 5.75 Å². The van der Waals surface area contributed by atoms with Crippen molar-refractivity contribution < 1.29 is 19.1 Å². The minimum atomic E-state index is -1.06. The average Bonchev–Trinajstić information content (AvgIpc) is 2.84. The molecule has 5 nitrogen and oxygen atoms in total. The molecule has 37 heavy (non-hydrogen) atoms. The number of carbonyl (C=O) groups excluding carboxylic acids is 2. The lowest BCUT2D eigenvalue weighted by molar-refractivity contribution is -0.127. The van der Waals surface area contributed by atoms with Crippen molar-refractivity contribution in [2.24, 2.45) is 5.41 Å². The fraction of sp³-hybridized carbons (Fsp3) is 0.375. The monoisotopic (exact) mass is 499 g/mol. The van der Waals surface area contributed by atoms with Crippen molar-refractivity contribution >= 4 is 17.6 Å². The lowest BCUT2D eigenvalue weighted by atomic mass is 9.93. The zero-order valence-corrected chi connectivity index (χ0v) is 22.8. The van der Waals surface area contributed by atoms with Crippen LogP contribution in [0.2, 0.25) is 0 Å². The van der Waals surface area contributed by atoms with Gasteiger partial charge in [-0.15, -0.1) is 0 Å². The van der Waals surface area contributed by atoms with Gasteiger partial charge in [-0.3, -0.25) is 4.79 Å². The van der Waals surface area contributed by atoms with Crippen LogP contribution in [0.3, 0.4) is 0 Å². The first kappa shape index (κ1) is 26.5. The molecule has 3 aromatic rings. The number of rotatable bonds is 7. The van der Waals surface area contributed by atoms with Crippen LogP contribution in [-0.2, 0) is 22.5 Å². The summed E-state index contributed by atoms with van der Waals surface area (Å²) < 4.78 is 11.2. The topological polar surface area (TPSA) is 55.8 Å². The van der Waals surface area contributed by atoms with E-state index in [0.717, 1.165) is 17.5 Å². The van der Waals surface area contributed by atoms with Gasteiger partial charge in [0.2, 0.25) is 11.7 Å². The Hall–Kier alpha value is -3.60. The van der Waals surface area contributed by atoms with Crippen molar-refractivity contribution in [2.75, 3.05) is 4.90 Å². The van der Waals surface area contributed by atoms with E-state index >= 15 is 0 Å². The van der Waals surface area contributed by atoms with E-state index in [4.69, 9.17) is 9.47 Å². The summed E-state index contributed by atoms with van der Waals surface area (Å²) in [6, 6.07) is 22.3. The summed E-state index contributed by atoms with van der Waals surface area (Å²) in [5.74, 6) is -1.09. The van der Waals surface area contributed by atoms with Crippen LogP contribution in [0.25, 0.3) is 11.1 Å². The molecule has 0 aromatic heterocycles. The fourth-order valence-corrected chi connectivity index (χ4v) is 4.41. The van der Waals surface area contributed by atoms with Crippen LogP contribution in [0.4, 0.5) is 5.69 Å². The lowest BCUT2D eigenvalue weighted by Crippen LogP contribution is -2.40. The highest BCUT2D eigenvalue weighted by atomic mass is 16.7. The Morgan fingerprint density at radius 2 is 1.46 bits per heavy atom. The van der Waals surface area contributed by atoms with Crippen molar-refractivity contribution in [2.45, 2.75) is 73.1 Å². The number of esters is 1. The minimum absolute atomic E-state index is 0.0168. The predicted molar refractivity (Wildman–Crippen MR) is 148 cm³/mol. The smallest absolute Gasteiger partial charge is 0.345 e. The van der Waals surface area contributed by atoms with Crippen LogP contribution in [0.1, 0.15) is 75.9 Å². The summed E-state index contributed by atoms with van der Waals surface area (Å²) >= 11 is 0. The second-order valence-electron chi connectivity index (χ2n) is 11.2. The number of hydrogen-bond acceptors (Lipinski definition) is 4. The van der Waals surface area contributed by atoms with E-state index in [2.05, 4.69) is 55.5 Å². The van der Waals surface area contributed by atoms with Crippen molar-refractivity contribution in [3.63, 3.8) is 0 Å². The summed E-state index contributed by atoms with van der Waals surface area (Å²) in [4.78, 5) is 27.7. The minimum Gasteiger partial charge on any atom is -0.452 e. The number of aryl methyl sites for hydroxylation is 1. The Kier molecular flexibility index (Phi) is 7.44. The molecule has 0 spiro atoms. The van der Waals surface area contributed by atoms with Crippen LogP contribution >= 0.6 is 0 Å². The summed E-state index contributed by atoms with van der Waals surface area (Å²) in [6.07, 6.45) is 3.51. The zero-order valence-electron chi connectivity index (χ0n) is 22.8. The summed E-state index contributed by atoms with van der Waals surface area (Å²) in [5.41, 5.74) is 5.14. The summed E-state index contributed by atoms with van der Waals surface area (Å²) in [5, 5.41) is 0. The number of ether oxygens (including phenoxy) is 2. The van der Waals surface area contributed by atoms with Gasteiger partial charge in [0.25, 0.3) is 0 Å². The maximum Gasteiger partial charge on any atom is 0.345 e. The molecule has 1 amide bonds. The molecular formula is C32H37NO4. The fourth-order valence-electron chi connectivity index (χ4n) is 4.41. The molecule has 0 atom stereocenters. The first-order chi connectivity index (χ1) is 17.5. The third-order valence-corrected chi connectivity index (χ3v) is 6.48. The molecule has 1 aliphatic heterocycles. The van der Waals surface area contributed by atoms with Crippen LogP contribution in [0.15, 0.2) is 66.7 Å².